The van der Waals surface area contributed by atoms with E-state index >= 15 is 0 Å². The lowest BCUT2D eigenvalue weighted by Crippen LogP contribution is -2.03. The fourth-order valence-electron chi connectivity index (χ4n) is 3.70. The van der Waals surface area contributed by atoms with E-state index in [-0.39, 0.29) is 5.88 Å². The van der Waals surface area contributed by atoms with E-state index in [1.165, 1.54) is 12.7 Å². The van der Waals surface area contributed by atoms with Crippen molar-refractivity contribution >= 4 is 28.3 Å². The fourth-order valence-corrected chi connectivity index (χ4v) is 3.70. The molecule has 0 unspecified atom stereocenters. The Morgan fingerprint density at radius 1 is 1.03 bits per heavy atom. The highest BCUT2D eigenvalue weighted by atomic mass is 16.5. The number of hydrogen-bond acceptors (Lipinski definition) is 5. The molecule has 0 aliphatic carbocycles. The Labute approximate surface area is 186 Å². The lowest BCUT2D eigenvalue weighted by atomic mass is 10.00. The molecule has 6 heteroatoms. The van der Waals surface area contributed by atoms with Crippen LogP contribution in [-0.4, -0.2) is 35.4 Å². The minimum atomic E-state index is -0.436. The number of nitrogens with one attached hydrogen (secondary N) is 1. The van der Waals surface area contributed by atoms with E-state index in [2.05, 4.69) is 17.1 Å². The summed E-state index contributed by atoms with van der Waals surface area (Å²) < 4.78 is 4.81. The van der Waals surface area contributed by atoms with E-state index in [0.29, 0.717) is 28.9 Å². The van der Waals surface area contributed by atoms with E-state index in [0.717, 1.165) is 29.5 Å². The number of aromatic hydroxyl groups is 1. The maximum absolute atomic E-state index is 11.9. The molecule has 32 heavy (non-hydrogen) atoms. The summed E-state index contributed by atoms with van der Waals surface area (Å²) in [6.07, 6.45) is 1.87. The number of nitrogens with zero attached hydrogens (tertiary/aromatic N) is 1. The highest BCUT2D eigenvalue weighted by molar-refractivity contribution is 6.22. The molecule has 0 fully saturated rings. The van der Waals surface area contributed by atoms with Gasteiger partial charge in [-0.25, -0.2) is 9.79 Å². The van der Waals surface area contributed by atoms with Crippen LogP contribution in [0.3, 0.4) is 0 Å². The average molecular weight is 428 g/mol. The third-order valence-electron chi connectivity index (χ3n) is 5.33. The molecule has 4 rings (SSSR count). The van der Waals surface area contributed by atoms with Crippen LogP contribution in [0.2, 0.25) is 0 Å². The maximum Gasteiger partial charge on any atom is 0.337 e. The third-order valence-corrected chi connectivity index (χ3v) is 5.33. The molecule has 4 N–H and O–H groups in total. The van der Waals surface area contributed by atoms with Crippen molar-refractivity contribution in [1.29, 1.82) is 0 Å². The quantitative estimate of drug-likeness (QED) is 0.293. The van der Waals surface area contributed by atoms with Crippen molar-refractivity contribution in [3.8, 4) is 5.88 Å². The number of nitrogens with two attached hydrogens (primary N) is 1. The molecule has 0 saturated heterocycles. The molecule has 4 aromatic rings. The molecule has 0 amide bonds. The Morgan fingerprint density at radius 3 is 2.47 bits per heavy atom. The van der Waals surface area contributed by atoms with Crippen molar-refractivity contribution in [1.82, 2.24) is 4.98 Å². The molecule has 0 saturated carbocycles. The van der Waals surface area contributed by atoms with E-state index in [1.807, 2.05) is 42.5 Å². The summed E-state index contributed by atoms with van der Waals surface area (Å²) in [5, 5.41) is 11.6. The number of aryl methyl sites for hydroxylation is 1. The number of methoxy groups -OCH3 is 1. The molecule has 0 radical (unpaired) electrons. The number of fused-ring (bicyclic) bond motifs is 1. The van der Waals surface area contributed by atoms with Gasteiger partial charge in [0.1, 0.15) is 0 Å². The van der Waals surface area contributed by atoms with E-state index in [9.17, 15) is 9.90 Å². The zero-order valence-corrected chi connectivity index (χ0v) is 17.8. The Hall–Kier alpha value is -3.90. The van der Waals surface area contributed by atoms with Crippen molar-refractivity contribution in [3.05, 3.63) is 95.1 Å². The first-order chi connectivity index (χ1) is 15.6. The summed E-state index contributed by atoms with van der Waals surface area (Å²) in [5.74, 6) is -0.446. The van der Waals surface area contributed by atoms with Crippen molar-refractivity contribution in [2.75, 3.05) is 13.7 Å². The number of carbonyl (C=O) groups is 1. The molecule has 6 nitrogen and oxygen atoms in total. The number of carbonyl (C=O) groups excluding carboxylic acids is 1. The number of aliphatic imine (C=N–C) groups is 1. The topological polar surface area (TPSA) is 101 Å². The fraction of sp³-hybridized carbons (Fsp3) is 0.154. The highest BCUT2D eigenvalue weighted by Crippen LogP contribution is 2.32. The van der Waals surface area contributed by atoms with Crippen molar-refractivity contribution in [2.45, 2.75) is 12.8 Å². The summed E-state index contributed by atoms with van der Waals surface area (Å²) >= 11 is 0. The van der Waals surface area contributed by atoms with Gasteiger partial charge in [0.05, 0.1) is 29.6 Å². The molecular weight excluding hydrogens is 402 g/mol. The molecule has 1 aromatic heterocycles. The van der Waals surface area contributed by atoms with Gasteiger partial charge in [-0.3, -0.25) is 0 Å². The minimum Gasteiger partial charge on any atom is -0.494 e. The normalized spacial score (nSPS) is 11.6. The summed E-state index contributed by atoms with van der Waals surface area (Å²) in [6, 6.07) is 22.9. The standard InChI is InChI=1S/C26H25N3O3/c1-32-26(31)19-11-14-21-22(16-19)29-25(30)23(21)24(18-7-3-2-4-8-18)28-20-12-9-17(10-13-20)6-5-15-27/h2-4,7-14,16,29-30H,5-6,15,27H2,1H3. The van der Waals surface area contributed by atoms with Crippen LogP contribution in [0.1, 0.15) is 33.5 Å². The zero-order chi connectivity index (χ0) is 22.5. The largest absolute Gasteiger partial charge is 0.494 e. The SMILES string of the molecule is COC(=O)c1ccc2c(C(=Nc3ccc(CCCN)cc3)c3ccccc3)c(O)[nH]c2c1. The van der Waals surface area contributed by atoms with Gasteiger partial charge >= 0.3 is 5.97 Å². The van der Waals surface area contributed by atoms with Crippen LogP contribution in [0.5, 0.6) is 5.88 Å². The number of esters is 1. The van der Waals surface area contributed by atoms with Gasteiger partial charge in [-0.2, -0.15) is 0 Å². The van der Waals surface area contributed by atoms with Crippen LogP contribution >= 0.6 is 0 Å². The van der Waals surface area contributed by atoms with Crippen LogP contribution in [0.25, 0.3) is 10.9 Å². The number of rotatable bonds is 7. The first kappa shape index (κ1) is 21.3. The lowest BCUT2D eigenvalue weighted by Gasteiger charge is -2.08. The minimum absolute atomic E-state index is 0.0100. The number of aromatic amines is 1. The molecule has 162 valence electrons. The first-order valence-corrected chi connectivity index (χ1v) is 10.5. The molecule has 0 aliphatic heterocycles. The van der Waals surface area contributed by atoms with Crippen LogP contribution in [-0.2, 0) is 11.2 Å². The first-order valence-electron chi connectivity index (χ1n) is 10.5. The van der Waals surface area contributed by atoms with E-state index in [1.54, 1.807) is 18.2 Å². The van der Waals surface area contributed by atoms with Gasteiger partial charge in [-0.05, 0) is 49.2 Å². The molecular formula is C26H25N3O3. The molecule has 1 heterocycles. The van der Waals surface area contributed by atoms with Gasteiger partial charge in [0.25, 0.3) is 0 Å². The third kappa shape index (κ3) is 4.40. The predicted molar refractivity (Wildman–Crippen MR) is 127 cm³/mol. The molecule has 0 aliphatic rings. The van der Waals surface area contributed by atoms with Crippen LogP contribution in [0.4, 0.5) is 5.69 Å². The van der Waals surface area contributed by atoms with Gasteiger partial charge in [0, 0.05) is 16.5 Å². The van der Waals surface area contributed by atoms with Crippen LogP contribution in [0, 0.1) is 0 Å². The van der Waals surface area contributed by atoms with E-state index < -0.39 is 5.97 Å². The second-order valence-electron chi connectivity index (χ2n) is 7.49. The smallest absolute Gasteiger partial charge is 0.337 e. The second kappa shape index (κ2) is 9.49. The predicted octanol–water partition coefficient (Wildman–Crippen LogP) is 4.72. The molecule has 0 bridgehead atoms. The van der Waals surface area contributed by atoms with Crippen molar-refractivity contribution in [3.63, 3.8) is 0 Å². The van der Waals surface area contributed by atoms with E-state index in [4.69, 9.17) is 15.5 Å². The number of H-pyrrole nitrogens is 1. The summed E-state index contributed by atoms with van der Waals surface area (Å²) in [5.41, 5.74) is 10.7. The van der Waals surface area contributed by atoms with Crippen molar-refractivity contribution in [2.24, 2.45) is 10.7 Å². The number of ether oxygens (including phenoxy) is 1. The highest BCUT2D eigenvalue weighted by Gasteiger charge is 2.20. The lowest BCUT2D eigenvalue weighted by molar-refractivity contribution is 0.0601. The number of aromatic nitrogens is 1. The van der Waals surface area contributed by atoms with Crippen molar-refractivity contribution < 1.29 is 14.6 Å². The Morgan fingerprint density at radius 2 is 1.78 bits per heavy atom. The van der Waals surface area contributed by atoms with Gasteiger partial charge in [0.2, 0.25) is 0 Å². The maximum atomic E-state index is 11.9. The number of benzene rings is 3. The Bertz CT molecular complexity index is 1260. The number of hydrogen-bond donors (Lipinski definition) is 3. The summed E-state index contributed by atoms with van der Waals surface area (Å²) in [7, 11) is 1.34. The van der Waals surface area contributed by atoms with Crippen LogP contribution in [0.15, 0.2) is 77.8 Å². The molecule has 0 atom stereocenters. The summed E-state index contributed by atoms with van der Waals surface area (Å²) in [6.45, 7) is 0.662. The van der Waals surface area contributed by atoms with Gasteiger partial charge in [0.15, 0.2) is 5.88 Å². The summed E-state index contributed by atoms with van der Waals surface area (Å²) in [4.78, 5) is 19.8. The molecule has 0 spiro atoms. The van der Waals surface area contributed by atoms with Gasteiger partial charge in [-0.1, -0.05) is 48.5 Å². The average Bonchev–Trinajstić information content (AvgIpc) is 3.16. The Kier molecular flexibility index (Phi) is 6.33. The monoisotopic (exact) mass is 427 g/mol. The van der Waals surface area contributed by atoms with Gasteiger partial charge < -0.3 is 20.6 Å². The Balaban J connectivity index is 1.83. The van der Waals surface area contributed by atoms with Crippen LogP contribution < -0.4 is 5.73 Å². The molecule has 3 aromatic carbocycles. The van der Waals surface area contributed by atoms with Gasteiger partial charge in [-0.15, -0.1) is 0 Å². The zero-order valence-electron chi connectivity index (χ0n) is 17.8. The second-order valence-corrected chi connectivity index (χ2v) is 7.49.